The van der Waals surface area contributed by atoms with Gasteiger partial charge in [-0.25, -0.2) is 0 Å². The molecule has 0 saturated carbocycles. The summed E-state index contributed by atoms with van der Waals surface area (Å²) in [6.07, 6.45) is -4.70. The van der Waals surface area contributed by atoms with Crippen LogP contribution in [0.2, 0.25) is 0 Å². The van der Waals surface area contributed by atoms with E-state index in [1.54, 1.807) is 6.07 Å². The molecular formula is C14H14F3NO3. The Kier molecular flexibility index (Phi) is 4.11. The first-order chi connectivity index (χ1) is 9.86. The number of rotatable bonds is 4. The minimum absolute atomic E-state index is 0.0433. The van der Waals surface area contributed by atoms with Gasteiger partial charge in [0, 0.05) is 17.3 Å². The lowest BCUT2D eigenvalue weighted by atomic mass is 10.0. The van der Waals surface area contributed by atoms with Gasteiger partial charge in [0.15, 0.2) is 0 Å². The minimum Gasteiger partial charge on any atom is -0.497 e. The Morgan fingerprint density at radius 1 is 1.29 bits per heavy atom. The lowest BCUT2D eigenvalue weighted by Crippen LogP contribution is -2.10. The van der Waals surface area contributed by atoms with Crippen LogP contribution in [-0.4, -0.2) is 25.2 Å². The summed E-state index contributed by atoms with van der Waals surface area (Å²) in [6.45, 7) is 0. The van der Waals surface area contributed by atoms with Gasteiger partial charge in [-0.05, 0) is 30.2 Å². The number of halogens is 3. The fourth-order valence-electron chi connectivity index (χ4n) is 2.18. The number of hydrogen-bond donors (Lipinski definition) is 1. The summed E-state index contributed by atoms with van der Waals surface area (Å²) in [6, 6.07) is 4.61. The Bertz CT molecular complexity index is 661. The molecule has 1 aromatic carbocycles. The number of aromatic amines is 1. The summed E-state index contributed by atoms with van der Waals surface area (Å²) >= 11 is 0. The van der Waals surface area contributed by atoms with Crippen LogP contribution in [-0.2, 0) is 22.1 Å². The molecule has 7 heteroatoms. The van der Waals surface area contributed by atoms with Gasteiger partial charge in [0.05, 0.1) is 14.2 Å². The molecule has 0 radical (unpaired) electrons. The van der Waals surface area contributed by atoms with Crippen molar-refractivity contribution in [3.8, 4) is 5.75 Å². The fourth-order valence-corrected chi connectivity index (χ4v) is 2.18. The maximum absolute atomic E-state index is 13.1. The molecule has 2 aromatic rings. The first kappa shape index (κ1) is 15.2. The van der Waals surface area contributed by atoms with E-state index in [0.29, 0.717) is 16.7 Å². The Hall–Kier alpha value is -2.18. The zero-order chi connectivity index (χ0) is 15.6. The van der Waals surface area contributed by atoms with Gasteiger partial charge < -0.3 is 14.5 Å². The molecule has 1 heterocycles. The van der Waals surface area contributed by atoms with Gasteiger partial charge in [-0.3, -0.25) is 4.79 Å². The quantitative estimate of drug-likeness (QED) is 0.882. The highest BCUT2D eigenvalue weighted by atomic mass is 19.4. The summed E-state index contributed by atoms with van der Waals surface area (Å²) < 4.78 is 48.8. The number of benzene rings is 1. The summed E-state index contributed by atoms with van der Waals surface area (Å²) in [7, 11) is 2.64. The predicted molar refractivity (Wildman–Crippen MR) is 70.2 cm³/mol. The molecule has 2 rings (SSSR count). The Labute approximate surface area is 118 Å². The molecule has 0 fully saturated rings. The Balaban J connectivity index is 2.52. The number of carbonyl (C=O) groups is 1. The molecule has 114 valence electrons. The van der Waals surface area contributed by atoms with E-state index >= 15 is 0 Å². The number of aryl methyl sites for hydroxylation is 1. The van der Waals surface area contributed by atoms with E-state index in [9.17, 15) is 18.0 Å². The van der Waals surface area contributed by atoms with Crippen molar-refractivity contribution in [3.63, 3.8) is 0 Å². The first-order valence-electron chi connectivity index (χ1n) is 6.19. The monoisotopic (exact) mass is 301 g/mol. The van der Waals surface area contributed by atoms with E-state index in [1.807, 2.05) is 0 Å². The van der Waals surface area contributed by atoms with Crippen molar-refractivity contribution >= 4 is 16.9 Å². The number of carbonyl (C=O) groups excluding carboxylic acids is 1. The molecule has 0 saturated heterocycles. The number of H-pyrrole nitrogens is 1. The lowest BCUT2D eigenvalue weighted by molar-refractivity contribution is -0.143. The van der Waals surface area contributed by atoms with Crippen LogP contribution in [0.3, 0.4) is 0 Å². The second kappa shape index (κ2) is 5.67. The normalized spacial score (nSPS) is 11.7. The molecule has 0 aliphatic rings. The average Bonchev–Trinajstić information content (AvgIpc) is 2.82. The Morgan fingerprint density at radius 3 is 2.57 bits per heavy atom. The standard InChI is InChI=1S/C14H14F3NO3/c1-20-8-3-5-11-10(7-8)9(4-6-12(19)21-2)13(18-11)14(15,16)17/h3,5,7,18H,4,6H2,1-2H3. The van der Waals surface area contributed by atoms with E-state index in [2.05, 4.69) is 9.72 Å². The number of esters is 1. The van der Waals surface area contributed by atoms with Gasteiger partial charge in [0.1, 0.15) is 11.4 Å². The highest BCUT2D eigenvalue weighted by molar-refractivity contribution is 5.86. The van der Waals surface area contributed by atoms with Crippen LogP contribution in [0.25, 0.3) is 10.9 Å². The molecule has 0 bridgehead atoms. The topological polar surface area (TPSA) is 51.3 Å². The van der Waals surface area contributed by atoms with Crippen LogP contribution in [0.4, 0.5) is 13.2 Å². The second-order valence-corrected chi connectivity index (χ2v) is 4.46. The minimum atomic E-state index is -4.52. The lowest BCUT2D eigenvalue weighted by Gasteiger charge is -2.08. The third-order valence-electron chi connectivity index (χ3n) is 3.20. The summed E-state index contributed by atoms with van der Waals surface area (Å²) in [5, 5.41) is 0.394. The van der Waals surface area contributed by atoms with E-state index in [1.165, 1.54) is 26.4 Å². The molecular weight excluding hydrogens is 287 g/mol. The first-order valence-corrected chi connectivity index (χ1v) is 6.19. The van der Waals surface area contributed by atoms with Crippen LogP contribution in [0.15, 0.2) is 18.2 Å². The average molecular weight is 301 g/mol. The number of nitrogens with one attached hydrogen (secondary N) is 1. The SMILES string of the molecule is COC(=O)CCc1c(C(F)(F)F)[nH]c2ccc(OC)cc12. The summed E-state index contributed by atoms with van der Waals surface area (Å²) in [5.74, 6) is -0.102. The molecule has 0 spiro atoms. The Morgan fingerprint density at radius 2 is 2.00 bits per heavy atom. The van der Waals surface area contributed by atoms with Gasteiger partial charge in [-0.2, -0.15) is 13.2 Å². The molecule has 21 heavy (non-hydrogen) atoms. The number of fused-ring (bicyclic) bond motifs is 1. The largest absolute Gasteiger partial charge is 0.497 e. The number of hydrogen-bond acceptors (Lipinski definition) is 3. The number of methoxy groups -OCH3 is 2. The molecule has 4 nitrogen and oxygen atoms in total. The smallest absolute Gasteiger partial charge is 0.431 e. The van der Waals surface area contributed by atoms with Crippen molar-refractivity contribution in [1.82, 2.24) is 4.98 Å². The van der Waals surface area contributed by atoms with Crippen LogP contribution >= 0.6 is 0 Å². The van der Waals surface area contributed by atoms with Crippen LogP contribution in [0.5, 0.6) is 5.75 Å². The van der Waals surface area contributed by atoms with Crippen molar-refractivity contribution in [2.75, 3.05) is 14.2 Å². The van der Waals surface area contributed by atoms with Gasteiger partial charge >= 0.3 is 12.1 Å². The molecule has 0 aliphatic carbocycles. The zero-order valence-electron chi connectivity index (χ0n) is 11.5. The molecule has 1 aromatic heterocycles. The van der Waals surface area contributed by atoms with Crippen molar-refractivity contribution < 1.29 is 27.4 Å². The molecule has 0 unspecified atom stereocenters. The van der Waals surface area contributed by atoms with E-state index in [4.69, 9.17) is 4.74 Å². The van der Waals surface area contributed by atoms with Crippen molar-refractivity contribution in [1.29, 1.82) is 0 Å². The highest BCUT2D eigenvalue weighted by Crippen LogP contribution is 2.37. The van der Waals surface area contributed by atoms with E-state index < -0.39 is 17.8 Å². The second-order valence-electron chi connectivity index (χ2n) is 4.46. The molecule has 0 atom stereocenters. The van der Waals surface area contributed by atoms with Crippen molar-refractivity contribution in [3.05, 3.63) is 29.5 Å². The van der Waals surface area contributed by atoms with Gasteiger partial charge in [0.2, 0.25) is 0 Å². The fraction of sp³-hybridized carbons (Fsp3) is 0.357. The molecule has 0 aliphatic heterocycles. The van der Waals surface area contributed by atoms with Gasteiger partial charge in [-0.1, -0.05) is 0 Å². The van der Waals surface area contributed by atoms with E-state index in [0.717, 1.165) is 0 Å². The van der Waals surface area contributed by atoms with Gasteiger partial charge in [-0.15, -0.1) is 0 Å². The van der Waals surface area contributed by atoms with Gasteiger partial charge in [0.25, 0.3) is 0 Å². The summed E-state index contributed by atoms with van der Waals surface area (Å²) in [5.41, 5.74) is -0.445. The zero-order valence-corrected chi connectivity index (χ0v) is 11.5. The highest BCUT2D eigenvalue weighted by Gasteiger charge is 2.36. The van der Waals surface area contributed by atoms with Crippen LogP contribution in [0, 0.1) is 0 Å². The third-order valence-corrected chi connectivity index (χ3v) is 3.20. The van der Waals surface area contributed by atoms with E-state index in [-0.39, 0.29) is 18.4 Å². The maximum Gasteiger partial charge on any atom is 0.431 e. The van der Waals surface area contributed by atoms with Crippen molar-refractivity contribution in [2.45, 2.75) is 19.0 Å². The third kappa shape index (κ3) is 3.12. The number of aromatic nitrogens is 1. The number of alkyl halides is 3. The maximum atomic E-state index is 13.1. The molecule has 0 amide bonds. The number of ether oxygens (including phenoxy) is 2. The summed E-state index contributed by atoms with van der Waals surface area (Å²) in [4.78, 5) is 13.6. The molecule has 1 N–H and O–H groups in total. The van der Waals surface area contributed by atoms with Crippen molar-refractivity contribution in [2.24, 2.45) is 0 Å². The van der Waals surface area contributed by atoms with Crippen LogP contribution in [0.1, 0.15) is 17.7 Å². The predicted octanol–water partition coefficient (Wildman–Crippen LogP) is 3.30. The van der Waals surface area contributed by atoms with Crippen LogP contribution < -0.4 is 4.74 Å².